The number of nitrogens with zero attached hydrogens (tertiary/aromatic N) is 1. The Morgan fingerprint density at radius 1 is 0.973 bits per heavy atom. The highest BCUT2D eigenvalue weighted by atomic mass is 32.1. The average Bonchev–Trinajstić information content (AvgIpc) is 3.16. The summed E-state index contributed by atoms with van der Waals surface area (Å²) >= 11 is 1.63. The van der Waals surface area contributed by atoms with Gasteiger partial charge in [0, 0.05) is 0 Å². The predicted molar refractivity (Wildman–Crippen MR) is 151 cm³/mol. The van der Waals surface area contributed by atoms with Crippen LogP contribution in [0.25, 0.3) is 26.9 Å². The summed E-state index contributed by atoms with van der Waals surface area (Å²) in [5, 5.41) is 3.54. The Morgan fingerprint density at radius 2 is 1.65 bits per heavy atom. The fourth-order valence-electron chi connectivity index (χ4n) is 5.26. The van der Waals surface area contributed by atoms with Gasteiger partial charge in [0.25, 0.3) is 0 Å². The van der Waals surface area contributed by atoms with Crippen molar-refractivity contribution in [1.82, 2.24) is 0 Å². The molecule has 0 fully saturated rings. The van der Waals surface area contributed by atoms with E-state index in [1.165, 1.54) is 35.7 Å². The van der Waals surface area contributed by atoms with Gasteiger partial charge in [-0.3, -0.25) is 4.58 Å². The minimum Gasteiger partial charge on any atom is -0.257 e. The molecule has 0 saturated carbocycles. The first-order valence-corrected chi connectivity index (χ1v) is 13.3. The molecule has 0 saturated heterocycles. The molecule has 0 atom stereocenters. The second-order valence-corrected chi connectivity index (χ2v) is 12.8. The van der Waals surface area contributed by atoms with Gasteiger partial charge in [-0.15, -0.1) is 17.7 Å². The van der Waals surface area contributed by atoms with Gasteiger partial charge in [0.15, 0.2) is 15.6 Å². The molecule has 0 N–H and O–H groups in total. The van der Waals surface area contributed by atoms with Crippen molar-refractivity contribution in [3.05, 3.63) is 93.5 Å². The number of aryl methyl sites for hydroxylation is 1. The van der Waals surface area contributed by atoms with Gasteiger partial charge in [-0.1, -0.05) is 94.5 Å². The van der Waals surface area contributed by atoms with Gasteiger partial charge in [0.1, 0.15) is 17.5 Å². The highest BCUT2D eigenvalue weighted by Gasteiger charge is 2.46. The molecule has 5 rings (SSSR count). The van der Waals surface area contributed by atoms with Crippen LogP contribution in [0.15, 0.2) is 54.7 Å². The average molecular weight is 520 g/mol. The van der Waals surface area contributed by atoms with Gasteiger partial charge in [0.05, 0.1) is 12.1 Å². The maximum absolute atomic E-state index is 13.5. The Labute approximate surface area is 221 Å². The lowest BCUT2D eigenvalue weighted by Gasteiger charge is -2.28. The number of rotatable bonds is 3. The second-order valence-electron chi connectivity index (χ2n) is 11.8. The first-order valence-electron chi connectivity index (χ1n) is 12.5. The monoisotopic (exact) mass is 519 g/mol. The van der Waals surface area contributed by atoms with Crippen LogP contribution in [0, 0.1) is 18.4 Å². The van der Waals surface area contributed by atoms with E-state index in [0.717, 1.165) is 32.1 Å². The van der Waals surface area contributed by atoms with Crippen LogP contribution in [-0.4, -0.2) is 17.5 Å². The lowest BCUT2D eigenvalue weighted by Crippen LogP contribution is -2.34. The SMILES string of the molecule is C=[N+]1C=Cc2c([s+][c-]3cc(CC(C)(C)C(F)(F)F)ccc23)[C-]1c1cc(C(C)(C)C)c2ccccc2c1C. The van der Waals surface area contributed by atoms with Crippen LogP contribution in [0.4, 0.5) is 13.2 Å². The molecule has 0 unspecified atom stereocenters. The zero-order chi connectivity index (χ0) is 26.9. The third-order valence-electron chi connectivity index (χ3n) is 7.51. The summed E-state index contributed by atoms with van der Waals surface area (Å²) in [6, 6.07) is 17.6. The summed E-state index contributed by atoms with van der Waals surface area (Å²) in [6.07, 6.45) is -0.268. The third kappa shape index (κ3) is 4.27. The maximum Gasteiger partial charge on any atom is 0.393 e. The van der Waals surface area contributed by atoms with E-state index >= 15 is 0 Å². The lowest BCUT2D eigenvalue weighted by molar-refractivity contribution is -0.417. The van der Waals surface area contributed by atoms with E-state index < -0.39 is 11.6 Å². The summed E-state index contributed by atoms with van der Waals surface area (Å²) in [6.45, 7) is 15.7. The molecule has 1 nitrogen and oxygen atoms in total. The van der Waals surface area contributed by atoms with Crippen molar-refractivity contribution in [2.24, 2.45) is 5.41 Å². The van der Waals surface area contributed by atoms with Gasteiger partial charge in [-0.25, -0.2) is 0 Å². The fourth-order valence-corrected chi connectivity index (χ4v) is 6.59. The molecule has 3 aromatic carbocycles. The number of hydrogen-bond acceptors (Lipinski definition) is 0. The Kier molecular flexibility index (Phi) is 5.87. The highest BCUT2D eigenvalue weighted by molar-refractivity contribution is 7.19. The summed E-state index contributed by atoms with van der Waals surface area (Å²) in [5.41, 5.74) is 3.56. The molecule has 37 heavy (non-hydrogen) atoms. The largest absolute Gasteiger partial charge is 0.393 e. The molecule has 4 aromatic rings. The van der Waals surface area contributed by atoms with Crippen LogP contribution in [0.3, 0.4) is 0 Å². The van der Waals surface area contributed by atoms with Gasteiger partial charge < -0.3 is 0 Å². The van der Waals surface area contributed by atoms with Gasteiger partial charge >= 0.3 is 6.18 Å². The molecule has 192 valence electrons. The standard InChI is InChI=1S/C32H32F3NS/c1-19-21-10-8-9-11-22(21)26(30(2,3)4)17-25(19)28-29-24(14-15-36(28)7)23-13-12-20(16-27(23)37-29)18-31(5,6)32(33,34)35/h8-17H,7,18H2,1-6H3. The van der Waals surface area contributed by atoms with E-state index in [1.54, 1.807) is 11.3 Å². The van der Waals surface area contributed by atoms with E-state index in [1.807, 2.05) is 29.0 Å². The zero-order valence-electron chi connectivity index (χ0n) is 22.2. The van der Waals surface area contributed by atoms with Crippen molar-refractivity contribution in [1.29, 1.82) is 0 Å². The summed E-state index contributed by atoms with van der Waals surface area (Å²) in [4.78, 5) is 1.10. The molecule has 0 bridgehead atoms. The van der Waals surface area contributed by atoms with Crippen LogP contribution in [-0.2, 0) is 11.8 Å². The number of fused-ring (bicyclic) bond motifs is 4. The van der Waals surface area contributed by atoms with Crippen LogP contribution < -0.4 is 0 Å². The van der Waals surface area contributed by atoms with E-state index in [4.69, 9.17) is 0 Å². The van der Waals surface area contributed by atoms with Crippen molar-refractivity contribution < 1.29 is 17.7 Å². The van der Waals surface area contributed by atoms with Crippen LogP contribution in [0.5, 0.6) is 0 Å². The Hall–Kier alpha value is -3.05. The first-order chi connectivity index (χ1) is 17.2. The van der Waals surface area contributed by atoms with E-state index in [9.17, 15) is 13.2 Å². The Balaban J connectivity index is 1.68. The zero-order valence-corrected chi connectivity index (χ0v) is 23.0. The van der Waals surface area contributed by atoms with Crippen LogP contribution >= 0.6 is 11.3 Å². The number of hydrogen-bond donors (Lipinski definition) is 0. The van der Waals surface area contributed by atoms with Crippen molar-refractivity contribution >= 4 is 45.0 Å². The molecular formula is C32H32F3NS. The minimum absolute atomic E-state index is 0.0533. The molecule has 1 aliphatic rings. The van der Waals surface area contributed by atoms with Crippen LogP contribution in [0.2, 0.25) is 0 Å². The predicted octanol–water partition coefficient (Wildman–Crippen LogP) is 9.42. The van der Waals surface area contributed by atoms with Gasteiger partial charge in [-0.2, -0.15) is 13.2 Å². The Morgan fingerprint density at radius 3 is 2.30 bits per heavy atom. The maximum atomic E-state index is 13.5. The minimum atomic E-state index is -4.26. The van der Waals surface area contributed by atoms with Gasteiger partial charge in [0.2, 0.25) is 0 Å². The molecule has 0 spiro atoms. The smallest absolute Gasteiger partial charge is 0.257 e. The second kappa shape index (κ2) is 8.49. The van der Waals surface area contributed by atoms with E-state index in [0.29, 0.717) is 5.56 Å². The van der Waals surface area contributed by atoms with Crippen LogP contribution in [0.1, 0.15) is 67.3 Å². The normalized spacial score (nSPS) is 14.6. The topological polar surface area (TPSA) is 3.01 Å². The third-order valence-corrected chi connectivity index (χ3v) is 8.68. The quantitative estimate of drug-likeness (QED) is 0.144. The molecular weight excluding hydrogens is 487 g/mol. The van der Waals surface area contributed by atoms with Gasteiger partial charge in [-0.05, 0) is 39.8 Å². The van der Waals surface area contributed by atoms with Crippen molar-refractivity contribution in [3.63, 3.8) is 0 Å². The molecule has 0 aliphatic carbocycles. The molecule has 1 aliphatic heterocycles. The molecule has 5 heteroatoms. The fraction of sp³-hybridized carbons (Fsp3) is 0.312. The summed E-state index contributed by atoms with van der Waals surface area (Å²) in [7, 11) is 0. The summed E-state index contributed by atoms with van der Waals surface area (Å²) < 4.78 is 43.5. The van der Waals surface area contributed by atoms with Crippen molar-refractivity contribution in [3.8, 4) is 0 Å². The molecule has 0 amide bonds. The number of thiophene rings is 1. The Bertz CT molecular complexity index is 1580. The van der Waals surface area contributed by atoms with Crippen molar-refractivity contribution in [2.75, 3.05) is 0 Å². The summed E-state index contributed by atoms with van der Waals surface area (Å²) in [5.74, 6) is 0. The number of benzene rings is 3. The number of alkyl halides is 3. The molecule has 0 radical (unpaired) electrons. The van der Waals surface area contributed by atoms with E-state index in [2.05, 4.69) is 70.8 Å². The highest BCUT2D eigenvalue weighted by Crippen LogP contribution is 2.46. The van der Waals surface area contributed by atoms with E-state index in [-0.39, 0.29) is 11.8 Å². The first kappa shape index (κ1) is 25.6. The van der Waals surface area contributed by atoms with Crippen molar-refractivity contribution in [2.45, 2.75) is 59.6 Å². The lowest BCUT2D eigenvalue weighted by atomic mass is 9.79. The molecule has 1 aromatic heterocycles. The molecule has 2 heterocycles. The number of halogens is 3.